The summed E-state index contributed by atoms with van der Waals surface area (Å²) in [6.45, 7) is 2.58. The van der Waals surface area contributed by atoms with Gasteiger partial charge in [-0.1, -0.05) is 10.3 Å². The molecule has 0 saturated carbocycles. The fourth-order valence-electron chi connectivity index (χ4n) is 3.12. The van der Waals surface area contributed by atoms with Crippen LogP contribution in [0, 0.1) is 6.92 Å². The van der Waals surface area contributed by atoms with E-state index in [0.717, 1.165) is 12.8 Å². The zero-order chi connectivity index (χ0) is 18.1. The van der Waals surface area contributed by atoms with Crippen molar-refractivity contribution >= 4 is 5.91 Å². The number of amides is 1. The van der Waals surface area contributed by atoms with Crippen LogP contribution in [0.4, 0.5) is 0 Å². The van der Waals surface area contributed by atoms with Crippen molar-refractivity contribution in [2.45, 2.75) is 32.4 Å². The Morgan fingerprint density at radius 2 is 2.31 bits per heavy atom. The average molecular weight is 356 g/mol. The first-order chi connectivity index (χ1) is 12.6. The SMILES string of the molecule is Cc1nonc1[C@@H]1CCCN1C(=O)c1cnc(Cn2cncn2)[nH]c1=O. The molecular weight excluding hydrogens is 340 g/mol. The van der Waals surface area contributed by atoms with Gasteiger partial charge in [-0.2, -0.15) is 5.10 Å². The monoisotopic (exact) mass is 356 g/mol. The molecule has 1 N–H and O–H groups in total. The summed E-state index contributed by atoms with van der Waals surface area (Å²) in [5, 5.41) is 11.6. The maximum atomic E-state index is 12.9. The largest absolute Gasteiger partial charge is 0.330 e. The Morgan fingerprint density at radius 1 is 1.42 bits per heavy atom. The molecule has 0 radical (unpaired) electrons. The molecule has 4 rings (SSSR count). The van der Waals surface area contributed by atoms with E-state index in [0.29, 0.717) is 23.8 Å². The highest BCUT2D eigenvalue weighted by Gasteiger charge is 2.35. The Balaban J connectivity index is 1.58. The van der Waals surface area contributed by atoms with Crippen LogP contribution < -0.4 is 5.56 Å². The van der Waals surface area contributed by atoms with E-state index in [2.05, 4.69) is 30.4 Å². The van der Waals surface area contributed by atoms with Gasteiger partial charge in [0.1, 0.15) is 42.0 Å². The van der Waals surface area contributed by atoms with Gasteiger partial charge in [0.15, 0.2) is 0 Å². The number of likely N-dealkylation sites (tertiary alicyclic amines) is 1. The summed E-state index contributed by atoms with van der Waals surface area (Å²) in [7, 11) is 0. The molecule has 4 heterocycles. The molecule has 3 aromatic rings. The van der Waals surface area contributed by atoms with Crippen molar-refractivity contribution in [3.05, 3.63) is 52.0 Å². The number of aromatic amines is 1. The van der Waals surface area contributed by atoms with Crippen molar-refractivity contribution in [3.8, 4) is 0 Å². The molecular formula is C15H16N8O3. The highest BCUT2D eigenvalue weighted by molar-refractivity contribution is 5.94. The Hall–Kier alpha value is -3.37. The van der Waals surface area contributed by atoms with Crippen LogP contribution in [0.5, 0.6) is 0 Å². The van der Waals surface area contributed by atoms with Crippen molar-refractivity contribution in [2.24, 2.45) is 0 Å². The minimum atomic E-state index is -0.485. The Morgan fingerprint density at radius 3 is 3.00 bits per heavy atom. The molecule has 1 aliphatic heterocycles. The van der Waals surface area contributed by atoms with Gasteiger partial charge < -0.3 is 9.88 Å². The Labute approximate surface area is 147 Å². The van der Waals surface area contributed by atoms with Crippen LogP contribution >= 0.6 is 0 Å². The van der Waals surface area contributed by atoms with Crippen molar-refractivity contribution in [1.29, 1.82) is 0 Å². The van der Waals surface area contributed by atoms with Crippen LogP contribution in [0.3, 0.4) is 0 Å². The molecule has 1 atom stereocenters. The molecule has 0 aliphatic carbocycles. The van der Waals surface area contributed by atoms with Crippen LogP contribution in [-0.2, 0) is 6.54 Å². The number of carbonyl (C=O) groups excluding carboxylic acids is 1. The van der Waals surface area contributed by atoms with Gasteiger partial charge in [-0.25, -0.2) is 19.3 Å². The number of nitrogens with zero attached hydrogens (tertiary/aromatic N) is 7. The summed E-state index contributed by atoms with van der Waals surface area (Å²) in [4.78, 5) is 37.5. The molecule has 0 bridgehead atoms. The number of rotatable bonds is 4. The standard InChI is InChI=1S/C15H16N8O3/c1-9-13(21-26-20-9)11-3-2-4-23(11)15(25)10-5-17-12(19-14(10)24)6-22-8-16-7-18-22/h5,7-8,11H,2-4,6H2,1H3,(H,17,19,24)/t11-/m0/s1. The molecule has 3 aromatic heterocycles. The Bertz CT molecular complexity index is 977. The second-order valence-electron chi connectivity index (χ2n) is 6.06. The van der Waals surface area contributed by atoms with E-state index in [4.69, 9.17) is 4.63 Å². The smallest absolute Gasteiger partial charge is 0.263 e. The molecule has 11 nitrogen and oxygen atoms in total. The lowest BCUT2D eigenvalue weighted by Gasteiger charge is -2.22. The molecule has 0 unspecified atom stereocenters. The fraction of sp³-hybridized carbons (Fsp3) is 0.400. The average Bonchev–Trinajstić information content (AvgIpc) is 3.35. The lowest BCUT2D eigenvalue weighted by Crippen LogP contribution is -2.35. The van der Waals surface area contributed by atoms with Gasteiger partial charge in [-0.3, -0.25) is 9.59 Å². The molecule has 26 heavy (non-hydrogen) atoms. The van der Waals surface area contributed by atoms with Crippen LogP contribution in [0.15, 0.2) is 28.3 Å². The third-order valence-electron chi connectivity index (χ3n) is 4.38. The molecule has 1 saturated heterocycles. The van der Waals surface area contributed by atoms with E-state index in [-0.39, 0.29) is 24.1 Å². The normalized spacial score (nSPS) is 17.0. The van der Waals surface area contributed by atoms with E-state index in [1.807, 2.05) is 0 Å². The topological polar surface area (TPSA) is 136 Å². The van der Waals surface area contributed by atoms with Gasteiger partial charge in [-0.15, -0.1) is 0 Å². The fourth-order valence-corrected chi connectivity index (χ4v) is 3.12. The van der Waals surface area contributed by atoms with Crippen LogP contribution in [0.25, 0.3) is 0 Å². The first kappa shape index (κ1) is 16.1. The highest BCUT2D eigenvalue weighted by atomic mass is 16.6. The number of aromatic nitrogens is 7. The van der Waals surface area contributed by atoms with Gasteiger partial charge in [0.2, 0.25) is 0 Å². The number of aryl methyl sites for hydroxylation is 1. The lowest BCUT2D eigenvalue weighted by atomic mass is 10.1. The number of hydrogen-bond donors (Lipinski definition) is 1. The molecule has 0 aromatic carbocycles. The quantitative estimate of drug-likeness (QED) is 0.694. The van der Waals surface area contributed by atoms with Crippen molar-refractivity contribution < 1.29 is 9.42 Å². The van der Waals surface area contributed by atoms with Gasteiger partial charge in [0, 0.05) is 12.7 Å². The van der Waals surface area contributed by atoms with E-state index < -0.39 is 5.56 Å². The second kappa shape index (κ2) is 6.50. The molecule has 1 amide bonds. The third-order valence-corrected chi connectivity index (χ3v) is 4.38. The third kappa shape index (κ3) is 2.87. The molecule has 11 heteroatoms. The van der Waals surface area contributed by atoms with Gasteiger partial charge in [-0.05, 0) is 19.8 Å². The molecule has 134 valence electrons. The van der Waals surface area contributed by atoms with Gasteiger partial charge >= 0.3 is 0 Å². The zero-order valence-electron chi connectivity index (χ0n) is 14.0. The van der Waals surface area contributed by atoms with Crippen LogP contribution in [-0.4, -0.2) is 52.4 Å². The minimum absolute atomic E-state index is 0.00616. The first-order valence-corrected chi connectivity index (χ1v) is 8.14. The first-order valence-electron chi connectivity index (χ1n) is 8.14. The maximum absolute atomic E-state index is 12.9. The van der Waals surface area contributed by atoms with Crippen molar-refractivity contribution in [3.63, 3.8) is 0 Å². The highest BCUT2D eigenvalue weighted by Crippen LogP contribution is 2.32. The molecule has 0 spiro atoms. The summed E-state index contributed by atoms with van der Waals surface area (Å²) in [6.07, 6.45) is 5.78. The molecule has 1 aliphatic rings. The predicted molar refractivity (Wildman–Crippen MR) is 86.0 cm³/mol. The van der Waals surface area contributed by atoms with E-state index in [1.54, 1.807) is 11.8 Å². The van der Waals surface area contributed by atoms with Gasteiger partial charge in [0.25, 0.3) is 11.5 Å². The van der Waals surface area contributed by atoms with E-state index in [1.165, 1.54) is 23.5 Å². The summed E-state index contributed by atoms with van der Waals surface area (Å²) in [5.74, 6) is 0.0162. The zero-order valence-corrected chi connectivity index (χ0v) is 14.0. The van der Waals surface area contributed by atoms with E-state index in [9.17, 15) is 9.59 Å². The summed E-state index contributed by atoms with van der Waals surface area (Å²) in [5.41, 5.74) is 0.780. The summed E-state index contributed by atoms with van der Waals surface area (Å²) in [6, 6.07) is -0.247. The number of carbonyl (C=O) groups is 1. The number of hydrogen-bond acceptors (Lipinski definition) is 8. The summed E-state index contributed by atoms with van der Waals surface area (Å²) >= 11 is 0. The maximum Gasteiger partial charge on any atom is 0.263 e. The molecule has 1 fully saturated rings. The Kier molecular flexibility index (Phi) is 4.03. The minimum Gasteiger partial charge on any atom is -0.330 e. The van der Waals surface area contributed by atoms with E-state index >= 15 is 0 Å². The second-order valence-corrected chi connectivity index (χ2v) is 6.06. The number of nitrogens with one attached hydrogen (secondary N) is 1. The van der Waals surface area contributed by atoms with Gasteiger partial charge in [0.05, 0.1) is 6.04 Å². The van der Waals surface area contributed by atoms with Crippen molar-refractivity contribution in [2.75, 3.05) is 6.54 Å². The predicted octanol–water partition coefficient (Wildman–Crippen LogP) is 0.0784. The summed E-state index contributed by atoms with van der Waals surface area (Å²) < 4.78 is 6.27. The lowest BCUT2D eigenvalue weighted by molar-refractivity contribution is 0.0728. The number of H-pyrrole nitrogens is 1. The van der Waals surface area contributed by atoms with Crippen LogP contribution in [0.2, 0.25) is 0 Å². The van der Waals surface area contributed by atoms with Crippen LogP contribution in [0.1, 0.15) is 46.5 Å². The van der Waals surface area contributed by atoms with Crippen molar-refractivity contribution in [1.82, 2.24) is 39.9 Å².